The van der Waals surface area contributed by atoms with Crippen molar-refractivity contribution in [2.45, 2.75) is 31.7 Å². The maximum Gasteiger partial charge on any atom is 0.276 e. The van der Waals surface area contributed by atoms with Crippen LogP contribution in [0, 0.1) is 5.82 Å². The van der Waals surface area contributed by atoms with Gasteiger partial charge in [-0.05, 0) is 31.4 Å². The second-order valence-electron chi connectivity index (χ2n) is 5.87. The summed E-state index contributed by atoms with van der Waals surface area (Å²) in [5.41, 5.74) is 5.62. The van der Waals surface area contributed by atoms with Gasteiger partial charge in [0.1, 0.15) is 5.82 Å². The van der Waals surface area contributed by atoms with Gasteiger partial charge in [-0.2, -0.15) is 0 Å². The van der Waals surface area contributed by atoms with Gasteiger partial charge < -0.3 is 15.2 Å². The standard InChI is InChI=1S/C17H18FN3O3/c18-13-7-2-1-6-12(13)15-10-14(20-24-15)17(23)21-8-4-3-5-11(21)9-16(19)22/h1-2,6-7,10-11H,3-5,8-9H2,(H2,19,22). The van der Waals surface area contributed by atoms with Crippen LogP contribution in [0.4, 0.5) is 4.39 Å². The predicted molar refractivity (Wildman–Crippen MR) is 84.4 cm³/mol. The highest BCUT2D eigenvalue weighted by Crippen LogP contribution is 2.26. The Balaban J connectivity index is 1.82. The highest BCUT2D eigenvalue weighted by molar-refractivity contribution is 5.93. The molecule has 1 aromatic carbocycles. The molecule has 1 saturated heterocycles. The van der Waals surface area contributed by atoms with Crippen molar-refractivity contribution in [3.05, 3.63) is 41.8 Å². The number of piperidine rings is 1. The summed E-state index contributed by atoms with van der Waals surface area (Å²) in [5, 5.41) is 3.77. The van der Waals surface area contributed by atoms with Crippen LogP contribution in [0.5, 0.6) is 0 Å². The highest BCUT2D eigenvalue weighted by Gasteiger charge is 2.30. The first-order valence-electron chi connectivity index (χ1n) is 7.87. The maximum atomic E-state index is 13.8. The zero-order valence-corrected chi connectivity index (χ0v) is 13.1. The molecule has 1 fully saturated rings. The summed E-state index contributed by atoms with van der Waals surface area (Å²) in [6, 6.07) is 7.32. The molecule has 2 N–H and O–H groups in total. The van der Waals surface area contributed by atoms with Gasteiger partial charge in [0.05, 0.1) is 5.56 Å². The smallest absolute Gasteiger partial charge is 0.276 e. The van der Waals surface area contributed by atoms with Crippen LogP contribution in [-0.2, 0) is 4.79 Å². The Morgan fingerprint density at radius 3 is 2.88 bits per heavy atom. The van der Waals surface area contributed by atoms with Crippen molar-refractivity contribution in [2.75, 3.05) is 6.54 Å². The van der Waals surface area contributed by atoms with E-state index in [0.29, 0.717) is 6.54 Å². The zero-order valence-electron chi connectivity index (χ0n) is 13.1. The molecule has 1 aliphatic heterocycles. The lowest BCUT2D eigenvalue weighted by atomic mass is 9.98. The Kier molecular flexibility index (Phi) is 4.59. The first kappa shape index (κ1) is 16.2. The van der Waals surface area contributed by atoms with Gasteiger partial charge in [-0.3, -0.25) is 9.59 Å². The largest absolute Gasteiger partial charge is 0.370 e. The second-order valence-corrected chi connectivity index (χ2v) is 5.87. The summed E-state index contributed by atoms with van der Waals surface area (Å²) in [6.07, 6.45) is 2.66. The number of carbonyl (C=O) groups excluding carboxylic acids is 2. The molecule has 0 saturated carbocycles. The summed E-state index contributed by atoms with van der Waals surface area (Å²) >= 11 is 0. The normalized spacial score (nSPS) is 17.7. The van der Waals surface area contributed by atoms with E-state index in [0.717, 1.165) is 19.3 Å². The number of hydrogen-bond donors (Lipinski definition) is 1. The van der Waals surface area contributed by atoms with E-state index >= 15 is 0 Å². The summed E-state index contributed by atoms with van der Waals surface area (Å²) in [4.78, 5) is 25.5. The Bertz CT molecular complexity index is 759. The Morgan fingerprint density at radius 2 is 2.12 bits per heavy atom. The first-order chi connectivity index (χ1) is 11.6. The fraction of sp³-hybridized carbons (Fsp3) is 0.353. The topological polar surface area (TPSA) is 89.4 Å². The molecule has 0 radical (unpaired) electrons. The molecular weight excluding hydrogens is 313 g/mol. The SMILES string of the molecule is NC(=O)CC1CCCCN1C(=O)c1cc(-c2ccccc2F)on1. The molecule has 24 heavy (non-hydrogen) atoms. The number of rotatable bonds is 4. The Morgan fingerprint density at radius 1 is 1.33 bits per heavy atom. The lowest BCUT2D eigenvalue weighted by Gasteiger charge is -2.34. The minimum absolute atomic E-state index is 0.102. The molecule has 0 bridgehead atoms. The van der Waals surface area contributed by atoms with Crippen molar-refractivity contribution in [1.82, 2.24) is 10.1 Å². The van der Waals surface area contributed by atoms with Crippen LogP contribution >= 0.6 is 0 Å². The maximum absolute atomic E-state index is 13.8. The monoisotopic (exact) mass is 331 g/mol. The number of hydrogen-bond acceptors (Lipinski definition) is 4. The van der Waals surface area contributed by atoms with Crippen LogP contribution in [0.1, 0.15) is 36.2 Å². The van der Waals surface area contributed by atoms with Gasteiger partial charge in [0.2, 0.25) is 5.91 Å². The number of aromatic nitrogens is 1. The van der Waals surface area contributed by atoms with Crippen molar-refractivity contribution in [3.63, 3.8) is 0 Å². The van der Waals surface area contributed by atoms with E-state index in [1.807, 2.05) is 0 Å². The third-order valence-electron chi connectivity index (χ3n) is 4.19. The molecule has 1 aromatic heterocycles. The molecule has 2 aromatic rings. The molecule has 2 amide bonds. The molecule has 2 heterocycles. The fourth-order valence-electron chi connectivity index (χ4n) is 3.02. The third-order valence-corrected chi connectivity index (χ3v) is 4.19. The molecule has 0 spiro atoms. The van der Waals surface area contributed by atoms with Crippen LogP contribution in [0.3, 0.4) is 0 Å². The van der Waals surface area contributed by atoms with E-state index in [1.54, 1.807) is 23.1 Å². The van der Waals surface area contributed by atoms with E-state index in [9.17, 15) is 14.0 Å². The number of nitrogens with two attached hydrogens (primary N) is 1. The lowest BCUT2D eigenvalue weighted by Crippen LogP contribution is -2.45. The highest BCUT2D eigenvalue weighted by atomic mass is 19.1. The van der Waals surface area contributed by atoms with E-state index in [-0.39, 0.29) is 35.4 Å². The van der Waals surface area contributed by atoms with Gasteiger partial charge in [0.15, 0.2) is 11.5 Å². The van der Waals surface area contributed by atoms with Crippen molar-refractivity contribution < 1.29 is 18.5 Å². The Hall–Kier alpha value is -2.70. The number of likely N-dealkylation sites (tertiary alicyclic amines) is 1. The fourth-order valence-corrected chi connectivity index (χ4v) is 3.02. The number of amides is 2. The second kappa shape index (κ2) is 6.82. The van der Waals surface area contributed by atoms with Crippen LogP contribution in [-0.4, -0.2) is 34.5 Å². The molecule has 6 nitrogen and oxygen atoms in total. The van der Waals surface area contributed by atoms with E-state index in [1.165, 1.54) is 12.1 Å². The summed E-state index contributed by atoms with van der Waals surface area (Å²) in [7, 11) is 0. The minimum atomic E-state index is -0.447. The number of carbonyl (C=O) groups is 2. The molecule has 1 aliphatic rings. The number of primary amides is 1. The molecule has 1 unspecified atom stereocenters. The number of nitrogens with zero attached hydrogens (tertiary/aromatic N) is 2. The van der Waals surface area contributed by atoms with Crippen molar-refractivity contribution >= 4 is 11.8 Å². The summed E-state index contributed by atoms with van der Waals surface area (Å²) < 4.78 is 18.9. The molecular formula is C17H18FN3O3. The van der Waals surface area contributed by atoms with E-state index in [2.05, 4.69) is 5.16 Å². The van der Waals surface area contributed by atoms with Crippen LogP contribution < -0.4 is 5.73 Å². The van der Waals surface area contributed by atoms with Gasteiger partial charge >= 0.3 is 0 Å². The molecule has 7 heteroatoms. The quantitative estimate of drug-likeness (QED) is 0.931. The van der Waals surface area contributed by atoms with Crippen molar-refractivity contribution in [1.29, 1.82) is 0 Å². The number of halogens is 1. The predicted octanol–water partition coefficient (Wildman–Crippen LogP) is 2.35. The first-order valence-corrected chi connectivity index (χ1v) is 7.87. The Labute approximate surface area is 138 Å². The molecule has 126 valence electrons. The van der Waals surface area contributed by atoms with Crippen molar-refractivity contribution in [2.24, 2.45) is 5.73 Å². The summed E-state index contributed by atoms with van der Waals surface area (Å²) in [6.45, 7) is 0.540. The van der Waals surface area contributed by atoms with Crippen LogP contribution in [0.25, 0.3) is 11.3 Å². The van der Waals surface area contributed by atoms with Gasteiger partial charge in [0.25, 0.3) is 5.91 Å². The average molecular weight is 331 g/mol. The zero-order chi connectivity index (χ0) is 17.1. The average Bonchev–Trinajstić information content (AvgIpc) is 3.04. The lowest BCUT2D eigenvalue weighted by molar-refractivity contribution is -0.119. The van der Waals surface area contributed by atoms with Crippen LogP contribution in [0.2, 0.25) is 0 Å². The minimum Gasteiger partial charge on any atom is -0.370 e. The molecule has 0 aliphatic carbocycles. The van der Waals surface area contributed by atoms with Gasteiger partial charge in [-0.15, -0.1) is 0 Å². The number of benzene rings is 1. The molecule has 1 atom stereocenters. The van der Waals surface area contributed by atoms with E-state index < -0.39 is 11.7 Å². The third kappa shape index (κ3) is 3.29. The van der Waals surface area contributed by atoms with Gasteiger partial charge in [-0.1, -0.05) is 17.3 Å². The van der Waals surface area contributed by atoms with Crippen LogP contribution in [0.15, 0.2) is 34.9 Å². The molecule has 3 rings (SSSR count). The van der Waals surface area contributed by atoms with Crippen molar-refractivity contribution in [3.8, 4) is 11.3 Å². The van der Waals surface area contributed by atoms with Gasteiger partial charge in [-0.25, -0.2) is 4.39 Å². The van der Waals surface area contributed by atoms with Gasteiger partial charge in [0, 0.05) is 25.1 Å². The van der Waals surface area contributed by atoms with E-state index in [4.69, 9.17) is 10.3 Å². The summed E-state index contributed by atoms with van der Waals surface area (Å²) in [5.74, 6) is -1.02.